The SMILES string of the molecule is Cc1[nH]nc(S(=O)(=O)NC(C)(C)c2nccs2)c1CN. The fourth-order valence-electron chi connectivity index (χ4n) is 1.85. The summed E-state index contributed by atoms with van der Waals surface area (Å²) in [7, 11) is -3.77. The molecule has 0 aliphatic carbocycles. The van der Waals surface area contributed by atoms with Crippen molar-refractivity contribution in [3.05, 3.63) is 27.8 Å². The third kappa shape index (κ3) is 2.75. The van der Waals surface area contributed by atoms with Crippen molar-refractivity contribution in [1.82, 2.24) is 19.9 Å². The highest BCUT2D eigenvalue weighted by molar-refractivity contribution is 7.89. The van der Waals surface area contributed by atoms with Crippen LogP contribution in [-0.4, -0.2) is 23.6 Å². The molecule has 0 saturated heterocycles. The van der Waals surface area contributed by atoms with Gasteiger partial charge in [-0.05, 0) is 20.8 Å². The number of nitrogens with zero attached hydrogens (tertiary/aromatic N) is 2. The Morgan fingerprint density at radius 1 is 1.50 bits per heavy atom. The number of hydrogen-bond donors (Lipinski definition) is 3. The summed E-state index contributed by atoms with van der Waals surface area (Å²) in [6, 6.07) is 0. The molecule has 110 valence electrons. The molecule has 0 amide bonds. The fourth-order valence-corrected chi connectivity index (χ4v) is 4.23. The van der Waals surface area contributed by atoms with Gasteiger partial charge in [0.25, 0.3) is 10.0 Å². The maximum Gasteiger partial charge on any atom is 0.261 e. The quantitative estimate of drug-likeness (QED) is 0.757. The van der Waals surface area contributed by atoms with Crippen LogP contribution in [0.3, 0.4) is 0 Å². The molecule has 0 aromatic carbocycles. The van der Waals surface area contributed by atoms with Crippen molar-refractivity contribution in [2.75, 3.05) is 0 Å². The molecule has 0 bridgehead atoms. The first-order valence-corrected chi connectivity index (χ1v) is 8.32. The van der Waals surface area contributed by atoms with E-state index in [9.17, 15) is 8.42 Å². The first-order valence-electron chi connectivity index (χ1n) is 5.96. The van der Waals surface area contributed by atoms with Gasteiger partial charge in [-0.15, -0.1) is 11.3 Å². The first kappa shape index (κ1) is 15.1. The van der Waals surface area contributed by atoms with Crippen LogP contribution in [0.2, 0.25) is 0 Å². The topological polar surface area (TPSA) is 114 Å². The minimum atomic E-state index is -3.77. The van der Waals surface area contributed by atoms with Crippen molar-refractivity contribution in [3.63, 3.8) is 0 Å². The van der Waals surface area contributed by atoms with Crippen LogP contribution in [0.25, 0.3) is 0 Å². The van der Waals surface area contributed by atoms with Crippen molar-refractivity contribution in [2.45, 2.75) is 37.9 Å². The molecule has 4 N–H and O–H groups in total. The zero-order valence-corrected chi connectivity index (χ0v) is 13.1. The number of sulfonamides is 1. The van der Waals surface area contributed by atoms with E-state index in [2.05, 4.69) is 19.9 Å². The van der Waals surface area contributed by atoms with E-state index in [4.69, 9.17) is 5.73 Å². The Kier molecular flexibility index (Phi) is 3.96. The Morgan fingerprint density at radius 2 is 2.20 bits per heavy atom. The zero-order valence-electron chi connectivity index (χ0n) is 11.5. The van der Waals surface area contributed by atoms with E-state index in [-0.39, 0.29) is 11.6 Å². The summed E-state index contributed by atoms with van der Waals surface area (Å²) in [5, 5.41) is 8.93. The van der Waals surface area contributed by atoms with Crippen LogP contribution in [0.1, 0.15) is 30.1 Å². The summed E-state index contributed by atoms with van der Waals surface area (Å²) in [5.74, 6) is 0. The molecule has 2 aromatic heterocycles. The molecule has 7 nitrogen and oxygen atoms in total. The van der Waals surface area contributed by atoms with E-state index in [1.807, 2.05) is 0 Å². The number of aromatic nitrogens is 3. The van der Waals surface area contributed by atoms with Gasteiger partial charge < -0.3 is 5.73 Å². The average molecular weight is 315 g/mol. The zero-order chi connectivity index (χ0) is 15.0. The Hall–Kier alpha value is -1.29. The predicted molar refractivity (Wildman–Crippen MR) is 76.7 cm³/mol. The molecule has 0 saturated carbocycles. The average Bonchev–Trinajstić information content (AvgIpc) is 2.95. The largest absolute Gasteiger partial charge is 0.326 e. The summed E-state index contributed by atoms with van der Waals surface area (Å²) in [4.78, 5) is 4.15. The van der Waals surface area contributed by atoms with Gasteiger partial charge in [-0.2, -0.15) is 9.82 Å². The number of nitrogens with two attached hydrogens (primary N) is 1. The van der Waals surface area contributed by atoms with Gasteiger partial charge in [-0.3, -0.25) is 5.10 Å². The Labute approximate surface area is 121 Å². The Bertz CT molecular complexity index is 688. The van der Waals surface area contributed by atoms with E-state index in [1.165, 1.54) is 11.3 Å². The van der Waals surface area contributed by atoms with Gasteiger partial charge in [0.15, 0.2) is 5.03 Å². The predicted octanol–water partition coefficient (Wildman–Crippen LogP) is 0.847. The second-order valence-electron chi connectivity index (χ2n) is 4.90. The molecule has 0 aliphatic rings. The Morgan fingerprint density at radius 3 is 2.75 bits per heavy atom. The van der Waals surface area contributed by atoms with Crippen molar-refractivity contribution in [3.8, 4) is 0 Å². The number of hydrogen-bond acceptors (Lipinski definition) is 6. The van der Waals surface area contributed by atoms with Crippen LogP contribution in [0.15, 0.2) is 16.6 Å². The summed E-state index contributed by atoms with van der Waals surface area (Å²) < 4.78 is 27.5. The van der Waals surface area contributed by atoms with E-state index < -0.39 is 15.6 Å². The highest BCUT2D eigenvalue weighted by Crippen LogP contribution is 2.25. The number of nitrogens with one attached hydrogen (secondary N) is 2. The van der Waals surface area contributed by atoms with Crippen LogP contribution in [0, 0.1) is 6.92 Å². The fraction of sp³-hybridized carbons (Fsp3) is 0.455. The lowest BCUT2D eigenvalue weighted by Crippen LogP contribution is -2.41. The first-order chi connectivity index (χ1) is 9.28. The maximum absolute atomic E-state index is 12.5. The molecular weight excluding hydrogens is 298 g/mol. The number of aromatic amines is 1. The van der Waals surface area contributed by atoms with Crippen LogP contribution in [0.4, 0.5) is 0 Å². The molecule has 0 fully saturated rings. The summed E-state index contributed by atoms with van der Waals surface area (Å²) >= 11 is 1.39. The van der Waals surface area contributed by atoms with Gasteiger partial charge in [-0.25, -0.2) is 13.4 Å². The summed E-state index contributed by atoms with van der Waals surface area (Å²) in [5.41, 5.74) is 5.92. The van der Waals surface area contributed by atoms with E-state index in [0.717, 1.165) is 0 Å². The van der Waals surface area contributed by atoms with Crippen molar-refractivity contribution in [2.24, 2.45) is 5.73 Å². The molecule has 0 spiro atoms. The second-order valence-corrected chi connectivity index (χ2v) is 7.40. The maximum atomic E-state index is 12.5. The molecule has 0 unspecified atom stereocenters. The van der Waals surface area contributed by atoms with Gasteiger partial charge in [-0.1, -0.05) is 0 Å². The molecular formula is C11H17N5O2S2. The van der Waals surface area contributed by atoms with E-state index >= 15 is 0 Å². The third-order valence-corrected chi connectivity index (χ3v) is 5.57. The lowest BCUT2D eigenvalue weighted by molar-refractivity contribution is 0.467. The third-order valence-electron chi connectivity index (χ3n) is 2.85. The van der Waals surface area contributed by atoms with Gasteiger partial charge in [0, 0.05) is 29.4 Å². The lowest BCUT2D eigenvalue weighted by atomic mass is 10.1. The summed E-state index contributed by atoms with van der Waals surface area (Å²) in [6.45, 7) is 5.35. The second kappa shape index (κ2) is 5.24. The van der Waals surface area contributed by atoms with Gasteiger partial charge in [0.2, 0.25) is 0 Å². The van der Waals surface area contributed by atoms with Crippen LogP contribution in [-0.2, 0) is 22.1 Å². The molecule has 9 heteroatoms. The molecule has 0 aliphatic heterocycles. The molecule has 0 atom stereocenters. The smallest absolute Gasteiger partial charge is 0.261 e. The van der Waals surface area contributed by atoms with Gasteiger partial charge in [0.05, 0.1) is 5.54 Å². The molecule has 2 rings (SSSR count). The molecule has 0 radical (unpaired) electrons. The standard InChI is InChI=1S/C11H17N5O2S2/c1-7-8(6-12)9(15-14-7)20(17,18)16-11(2,3)10-13-4-5-19-10/h4-5,16H,6,12H2,1-3H3,(H,14,15). The minimum Gasteiger partial charge on any atom is -0.326 e. The number of thiazole rings is 1. The highest BCUT2D eigenvalue weighted by atomic mass is 32.2. The number of rotatable bonds is 5. The number of aryl methyl sites for hydroxylation is 1. The van der Waals surface area contributed by atoms with E-state index in [1.54, 1.807) is 32.3 Å². The van der Waals surface area contributed by atoms with Gasteiger partial charge in [0.1, 0.15) is 5.01 Å². The van der Waals surface area contributed by atoms with Crippen LogP contribution in [0.5, 0.6) is 0 Å². The molecule has 20 heavy (non-hydrogen) atoms. The molecule has 2 aromatic rings. The lowest BCUT2D eigenvalue weighted by Gasteiger charge is -2.23. The molecule has 2 heterocycles. The Balaban J connectivity index is 2.37. The van der Waals surface area contributed by atoms with Crippen molar-refractivity contribution >= 4 is 21.4 Å². The monoisotopic (exact) mass is 315 g/mol. The number of H-pyrrole nitrogens is 1. The van der Waals surface area contributed by atoms with Crippen molar-refractivity contribution in [1.29, 1.82) is 0 Å². The van der Waals surface area contributed by atoms with Crippen LogP contribution < -0.4 is 10.5 Å². The van der Waals surface area contributed by atoms with Crippen molar-refractivity contribution < 1.29 is 8.42 Å². The highest BCUT2D eigenvalue weighted by Gasteiger charge is 2.33. The van der Waals surface area contributed by atoms with E-state index in [0.29, 0.717) is 16.3 Å². The normalized spacial score (nSPS) is 12.8. The minimum absolute atomic E-state index is 0.0536. The summed E-state index contributed by atoms with van der Waals surface area (Å²) in [6.07, 6.45) is 1.64. The van der Waals surface area contributed by atoms with Crippen LogP contribution >= 0.6 is 11.3 Å². The van der Waals surface area contributed by atoms with Gasteiger partial charge >= 0.3 is 0 Å².